The van der Waals surface area contributed by atoms with Gasteiger partial charge in [-0.25, -0.2) is 0 Å². The van der Waals surface area contributed by atoms with Crippen LogP contribution in [0.1, 0.15) is 36.7 Å². The molecular formula is C19H23ClN2O. The summed E-state index contributed by atoms with van der Waals surface area (Å²) in [7, 11) is 0. The Morgan fingerprint density at radius 2 is 1.87 bits per heavy atom. The number of rotatable bonds is 4. The van der Waals surface area contributed by atoms with E-state index in [0.717, 1.165) is 30.1 Å². The van der Waals surface area contributed by atoms with Crippen molar-refractivity contribution < 1.29 is 21.4 Å². The predicted octanol–water partition coefficient (Wildman–Crippen LogP) is 1.35. The first kappa shape index (κ1) is 17.4. The lowest BCUT2D eigenvalue weighted by atomic mass is 10.2. The highest BCUT2D eigenvalue weighted by atomic mass is 35.5. The lowest BCUT2D eigenvalue weighted by Gasteiger charge is -2.04. The van der Waals surface area contributed by atoms with Gasteiger partial charge in [-0.2, -0.15) is 4.57 Å². The number of fused-ring (bicyclic) bond motifs is 1. The molecule has 3 rings (SSSR count). The molecule has 3 nitrogen and oxygen atoms in total. The molecule has 0 fully saturated rings. The van der Waals surface area contributed by atoms with Crippen LogP contribution in [0.5, 0.6) is 0 Å². The van der Waals surface area contributed by atoms with Crippen molar-refractivity contribution in [1.29, 1.82) is 0 Å². The number of nitrogens with zero attached hydrogens (tertiary/aromatic N) is 2. The Morgan fingerprint density at radius 3 is 2.52 bits per heavy atom. The first-order valence-corrected chi connectivity index (χ1v) is 7.91. The zero-order valence-corrected chi connectivity index (χ0v) is 14.9. The van der Waals surface area contributed by atoms with Gasteiger partial charge in [0, 0.05) is 24.0 Å². The molecule has 122 valence electrons. The molecule has 0 saturated carbocycles. The lowest BCUT2D eigenvalue weighted by molar-refractivity contribution is -0.674. The molecule has 1 aromatic carbocycles. The van der Waals surface area contributed by atoms with Gasteiger partial charge in [-0.3, -0.25) is 0 Å². The van der Waals surface area contributed by atoms with Gasteiger partial charge in [0.05, 0.1) is 6.08 Å². The van der Waals surface area contributed by atoms with Gasteiger partial charge >= 0.3 is 5.89 Å². The van der Waals surface area contributed by atoms with Crippen LogP contribution >= 0.6 is 0 Å². The highest BCUT2D eigenvalue weighted by Gasteiger charge is 2.18. The summed E-state index contributed by atoms with van der Waals surface area (Å²) < 4.78 is 10.5. The second-order valence-corrected chi connectivity index (χ2v) is 5.56. The van der Waals surface area contributed by atoms with Gasteiger partial charge in [0.1, 0.15) is 6.54 Å². The summed E-state index contributed by atoms with van der Waals surface area (Å²) in [4.78, 5) is 0. The summed E-state index contributed by atoms with van der Waals surface area (Å²) in [5, 5.41) is 0. The van der Waals surface area contributed by atoms with Crippen molar-refractivity contribution >= 4 is 23.3 Å². The maximum Gasteiger partial charge on any atom is 0.374 e. The first-order valence-electron chi connectivity index (χ1n) is 7.91. The lowest BCUT2D eigenvalue weighted by Crippen LogP contribution is -3.00. The van der Waals surface area contributed by atoms with Gasteiger partial charge in [-0.15, -0.1) is 0 Å². The average molecular weight is 331 g/mol. The second kappa shape index (κ2) is 7.05. The van der Waals surface area contributed by atoms with Crippen molar-refractivity contribution in [2.75, 3.05) is 0 Å². The largest absolute Gasteiger partial charge is 1.00 e. The zero-order chi connectivity index (χ0) is 15.7. The van der Waals surface area contributed by atoms with E-state index in [0.29, 0.717) is 0 Å². The molecule has 23 heavy (non-hydrogen) atoms. The normalized spacial score (nSPS) is 11.3. The van der Waals surface area contributed by atoms with Crippen molar-refractivity contribution in [3.8, 4) is 0 Å². The fourth-order valence-electron chi connectivity index (χ4n) is 3.15. The third kappa shape index (κ3) is 3.06. The molecule has 0 unspecified atom stereocenters. The SMILES string of the molecule is CCn1c(C)cc(C=Cc2oc3ccccc3[n+]2CC)c1C.[Cl-]. The van der Waals surface area contributed by atoms with Crippen LogP contribution < -0.4 is 17.0 Å². The van der Waals surface area contributed by atoms with E-state index in [1.807, 2.05) is 18.2 Å². The fourth-order valence-corrected chi connectivity index (χ4v) is 3.15. The number of benzene rings is 1. The smallest absolute Gasteiger partial charge is 0.374 e. The van der Waals surface area contributed by atoms with Gasteiger partial charge in [-0.05, 0) is 51.5 Å². The number of hydrogen-bond donors (Lipinski definition) is 0. The van der Waals surface area contributed by atoms with E-state index < -0.39 is 0 Å². The van der Waals surface area contributed by atoms with Crippen LogP contribution in [-0.4, -0.2) is 4.57 Å². The predicted molar refractivity (Wildman–Crippen MR) is 90.6 cm³/mol. The Balaban J connectivity index is 0.00000192. The van der Waals surface area contributed by atoms with E-state index in [4.69, 9.17) is 4.42 Å². The Kier molecular flexibility index (Phi) is 5.32. The highest BCUT2D eigenvalue weighted by Crippen LogP contribution is 2.19. The standard InChI is InChI=1S/C19H23N2O.ClH/c1-5-20-14(3)13-16(15(20)4)11-12-19-21(6-2)17-9-7-8-10-18(17)22-19;/h7-13H,5-6H2,1-4H3;1H/q+1;/p-1. The van der Waals surface area contributed by atoms with Crippen molar-refractivity contribution in [3.05, 3.63) is 53.2 Å². The summed E-state index contributed by atoms with van der Waals surface area (Å²) >= 11 is 0. The summed E-state index contributed by atoms with van der Waals surface area (Å²) in [6.45, 7) is 10.5. The van der Waals surface area contributed by atoms with Crippen molar-refractivity contribution in [2.45, 2.75) is 40.8 Å². The topological polar surface area (TPSA) is 21.9 Å². The van der Waals surface area contributed by atoms with E-state index in [1.54, 1.807) is 0 Å². The number of aryl methyl sites for hydroxylation is 2. The molecule has 0 atom stereocenters. The van der Waals surface area contributed by atoms with Crippen LogP contribution in [-0.2, 0) is 13.1 Å². The minimum absolute atomic E-state index is 0. The van der Waals surface area contributed by atoms with Crippen LogP contribution in [0.4, 0.5) is 0 Å². The second-order valence-electron chi connectivity index (χ2n) is 5.56. The maximum absolute atomic E-state index is 5.98. The molecule has 4 heteroatoms. The molecule has 0 N–H and O–H groups in total. The maximum atomic E-state index is 5.98. The van der Waals surface area contributed by atoms with Gasteiger partial charge in [0.15, 0.2) is 0 Å². The number of hydrogen-bond acceptors (Lipinski definition) is 1. The molecule has 0 spiro atoms. The van der Waals surface area contributed by atoms with E-state index in [1.165, 1.54) is 17.0 Å². The number of oxazole rings is 1. The summed E-state index contributed by atoms with van der Waals surface area (Å²) in [6.07, 6.45) is 4.23. The van der Waals surface area contributed by atoms with Gasteiger partial charge in [0.2, 0.25) is 5.58 Å². The molecule has 3 aromatic rings. The number of para-hydroxylation sites is 2. The first-order chi connectivity index (χ1) is 10.7. The molecule has 0 saturated heterocycles. The summed E-state index contributed by atoms with van der Waals surface area (Å²) in [5.41, 5.74) is 5.93. The molecular weight excluding hydrogens is 308 g/mol. The number of aromatic nitrogens is 2. The van der Waals surface area contributed by atoms with E-state index >= 15 is 0 Å². The number of halogens is 1. The zero-order valence-electron chi connectivity index (χ0n) is 14.1. The molecule has 0 radical (unpaired) electrons. The molecule has 0 aliphatic heterocycles. The highest BCUT2D eigenvalue weighted by molar-refractivity contribution is 5.72. The van der Waals surface area contributed by atoms with Crippen LogP contribution in [0.2, 0.25) is 0 Å². The summed E-state index contributed by atoms with van der Waals surface area (Å²) in [6, 6.07) is 10.4. The Labute approximate surface area is 143 Å². The van der Waals surface area contributed by atoms with E-state index in [9.17, 15) is 0 Å². The van der Waals surface area contributed by atoms with Gasteiger partial charge < -0.3 is 21.4 Å². The molecule has 2 aromatic heterocycles. The van der Waals surface area contributed by atoms with Crippen LogP contribution in [0.3, 0.4) is 0 Å². The third-order valence-electron chi connectivity index (χ3n) is 4.29. The summed E-state index contributed by atoms with van der Waals surface area (Å²) in [5.74, 6) is 0.894. The third-order valence-corrected chi connectivity index (χ3v) is 4.29. The molecule has 0 aliphatic rings. The van der Waals surface area contributed by atoms with Gasteiger partial charge in [0.25, 0.3) is 5.52 Å². The van der Waals surface area contributed by atoms with Crippen LogP contribution in [0.15, 0.2) is 34.7 Å². The Hall–Kier alpha value is -2.00. The van der Waals surface area contributed by atoms with Crippen molar-refractivity contribution in [1.82, 2.24) is 4.57 Å². The molecule has 0 amide bonds. The quantitative estimate of drug-likeness (QED) is 0.662. The minimum Gasteiger partial charge on any atom is -1.00 e. The monoisotopic (exact) mass is 330 g/mol. The van der Waals surface area contributed by atoms with E-state index in [-0.39, 0.29) is 12.4 Å². The molecule has 2 heterocycles. The minimum atomic E-state index is 0. The van der Waals surface area contributed by atoms with Crippen molar-refractivity contribution in [2.24, 2.45) is 0 Å². The van der Waals surface area contributed by atoms with Crippen molar-refractivity contribution in [3.63, 3.8) is 0 Å². The average Bonchev–Trinajstić information content (AvgIpc) is 3.01. The Morgan fingerprint density at radius 1 is 1.13 bits per heavy atom. The van der Waals surface area contributed by atoms with Crippen LogP contribution in [0, 0.1) is 13.8 Å². The van der Waals surface area contributed by atoms with Gasteiger partial charge in [-0.1, -0.05) is 12.1 Å². The fraction of sp³-hybridized carbons (Fsp3) is 0.316. The Bertz CT molecular complexity index is 843. The molecule has 0 aliphatic carbocycles. The van der Waals surface area contributed by atoms with Crippen LogP contribution in [0.25, 0.3) is 23.3 Å². The van der Waals surface area contributed by atoms with E-state index in [2.05, 4.69) is 61.1 Å². The molecule has 0 bridgehead atoms.